The summed E-state index contributed by atoms with van der Waals surface area (Å²) in [6.07, 6.45) is 6.94. The average Bonchev–Trinajstić information content (AvgIpc) is 3.11. The highest BCUT2D eigenvalue weighted by Crippen LogP contribution is 2.25. The van der Waals surface area contributed by atoms with E-state index in [1.807, 2.05) is 13.1 Å². The number of hydrogen-bond acceptors (Lipinski definition) is 4. The lowest BCUT2D eigenvalue weighted by atomic mass is 9.96. The van der Waals surface area contributed by atoms with Crippen LogP contribution in [-0.2, 0) is 23.8 Å². The summed E-state index contributed by atoms with van der Waals surface area (Å²) in [5, 5.41) is 6.94. The predicted octanol–water partition coefficient (Wildman–Crippen LogP) is 0.757. The molecular weight excluding hydrogens is 368 g/mol. The van der Waals surface area contributed by atoms with Gasteiger partial charge in [0, 0.05) is 52.5 Å². The number of piperazine rings is 1. The van der Waals surface area contributed by atoms with Gasteiger partial charge in [-0.15, -0.1) is 0 Å². The van der Waals surface area contributed by atoms with E-state index < -0.39 is 10.2 Å². The molecule has 1 saturated carbocycles. The third-order valence-electron chi connectivity index (χ3n) is 5.65. The fourth-order valence-corrected chi connectivity index (χ4v) is 5.37. The van der Waals surface area contributed by atoms with Gasteiger partial charge in [-0.25, -0.2) is 4.79 Å². The van der Waals surface area contributed by atoms with E-state index in [2.05, 4.69) is 10.4 Å². The predicted molar refractivity (Wildman–Crippen MR) is 102 cm³/mol. The number of nitrogens with zero attached hydrogens (tertiary/aromatic N) is 5. The summed E-state index contributed by atoms with van der Waals surface area (Å²) in [6, 6.07) is 1.78. The number of aromatic nitrogens is 2. The van der Waals surface area contributed by atoms with Crippen molar-refractivity contribution >= 4 is 16.2 Å². The zero-order valence-corrected chi connectivity index (χ0v) is 17.0. The summed E-state index contributed by atoms with van der Waals surface area (Å²) in [6.45, 7) is 1.86. The molecule has 1 aromatic rings. The summed E-state index contributed by atoms with van der Waals surface area (Å²) in [5.41, 5.74) is 0.915. The van der Waals surface area contributed by atoms with E-state index >= 15 is 0 Å². The van der Waals surface area contributed by atoms with Crippen molar-refractivity contribution in [1.82, 2.24) is 28.6 Å². The zero-order valence-electron chi connectivity index (χ0n) is 16.2. The van der Waals surface area contributed by atoms with Crippen LogP contribution in [0.1, 0.15) is 37.8 Å². The van der Waals surface area contributed by atoms with Crippen LogP contribution in [0.4, 0.5) is 4.79 Å². The molecule has 1 saturated heterocycles. The number of nitrogens with one attached hydrogen (secondary N) is 1. The monoisotopic (exact) mass is 398 g/mol. The van der Waals surface area contributed by atoms with Crippen molar-refractivity contribution in [3.8, 4) is 0 Å². The van der Waals surface area contributed by atoms with E-state index in [4.69, 9.17) is 0 Å². The number of carbonyl (C=O) groups excluding carboxylic acids is 1. The van der Waals surface area contributed by atoms with Crippen molar-refractivity contribution in [2.45, 2.75) is 44.7 Å². The SMILES string of the molecule is CN(C1CCCCC1)S(=O)(=O)N1CCN(C(=O)NCc2ccnn2C)CC1. The molecule has 1 aliphatic carbocycles. The van der Waals surface area contributed by atoms with Gasteiger partial charge in [-0.1, -0.05) is 19.3 Å². The number of amides is 2. The third-order valence-corrected chi connectivity index (χ3v) is 7.69. The van der Waals surface area contributed by atoms with E-state index in [1.54, 1.807) is 27.1 Å². The second kappa shape index (κ2) is 8.57. The van der Waals surface area contributed by atoms with Gasteiger partial charge in [-0.3, -0.25) is 4.68 Å². The van der Waals surface area contributed by atoms with Gasteiger partial charge < -0.3 is 10.2 Å². The Balaban J connectivity index is 1.50. The first kappa shape index (κ1) is 20.1. The van der Waals surface area contributed by atoms with Gasteiger partial charge in [0.05, 0.1) is 12.2 Å². The highest BCUT2D eigenvalue weighted by Gasteiger charge is 2.35. The molecule has 3 rings (SSSR count). The van der Waals surface area contributed by atoms with Crippen LogP contribution in [0, 0.1) is 0 Å². The van der Waals surface area contributed by atoms with Gasteiger partial charge in [0.1, 0.15) is 0 Å². The van der Waals surface area contributed by atoms with E-state index in [9.17, 15) is 13.2 Å². The lowest BCUT2D eigenvalue weighted by Crippen LogP contribution is -2.56. The van der Waals surface area contributed by atoms with Gasteiger partial charge in [0.25, 0.3) is 10.2 Å². The smallest absolute Gasteiger partial charge is 0.317 e. The van der Waals surface area contributed by atoms with E-state index in [0.717, 1.165) is 31.4 Å². The molecule has 2 amide bonds. The van der Waals surface area contributed by atoms with E-state index in [1.165, 1.54) is 10.7 Å². The maximum Gasteiger partial charge on any atom is 0.317 e. The second-order valence-corrected chi connectivity index (χ2v) is 9.29. The lowest BCUT2D eigenvalue weighted by molar-refractivity contribution is 0.166. The van der Waals surface area contributed by atoms with Crippen molar-refractivity contribution in [2.75, 3.05) is 33.2 Å². The molecular formula is C17H30N6O3S. The lowest BCUT2D eigenvalue weighted by Gasteiger charge is -2.38. The summed E-state index contributed by atoms with van der Waals surface area (Å²) in [4.78, 5) is 14.0. The molecule has 152 valence electrons. The molecule has 0 aromatic carbocycles. The van der Waals surface area contributed by atoms with Gasteiger partial charge >= 0.3 is 6.03 Å². The van der Waals surface area contributed by atoms with E-state index in [-0.39, 0.29) is 12.1 Å². The molecule has 0 bridgehead atoms. The topological polar surface area (TPSA) is 90.8 Å². The van der Waals surface area contributed by atoms with Crippen molar-refractivity contribution in [3.63, 3.8) is 0 Å². The molecule has 1 aromatic heterocycles. The highest BCUT2D eigenvalue weighted by atomic mass is 32.2. The zero-order chi connectivity index (χ0) is 19.4. The van der Waals surface area contributed by atoms with Crippen LogP contribution in [0.2, 0.25) is 0 Å². The van der Waals surface area contributed by atoms with Crippen LogP contribution in [0.3, 0.4) is 0 Å². The van der Waals surface area contributed by atoms with Crippen molar-refractivity contribution in [3.05, 3.63) is 18.0 Å². The fraction of sp³-hybridized carbons (Fsp3) is 0.765. The van der Waals surface area contributed by atoms with Gasteiger partial charge in [0.2, 0.25) is 0 Å². The number of hydrogen-bond donors (Lipinski definition) is 1. The molecule has 0 radical (unpaired) electrons. The van der Waals surface area contributed by atoms with Crippen molar-refractivity contribution in [2.24, 2.45) is 7.05 Å². The average molecular weight is 399 g/mol. The summed E-state index contributed by atoms with van der Waals surface area (Å²) in [7, 11) is 0.0526. The summed E-state index contributed by atoms with van der Waals surface area (Å²) >= 11 is 0. The molecule has 1 N–H and O–H groups in total. The highest BCUT2D eigenvalue weighted by molar-refractivity contribution is 7.86. The van der Waals surface area contributed by atoms with Gasteiger partial charge in [-0.2, -0.15) is 22.1 Å². The van der Waals surface area contributed by atoms with Crippen LogP contribution in [-0.4, -0.2) is 77.0 Å². The number of rotatable bonds is 5. The fourth-order valence-electron chi connectivity index (χ4n) is 3.79. The molecule has 0 atom stereocenters. The summed E-state index contributed by atoms with van der Waals surface area (Å²) < 4.78 is 30.6. The Bertz CT molecular complexity index is 736. The molecule has 27 heavy (non-hydrogen) atoms. The van der Waals surface area contributed by atoms with Crippen LogP contribution in [0.15, 0.2) is 12.3 Å². The number of carbonyl (C=O) groups is 1. The molecule has 0 spiro atoms. The Labute approximate surface area is 161 Å². The number of urea groups is 1. The molecule has 9 nitrogen and oxygen atoms in total. The standard InChI is InChI=1S/C17H30N6O3S/c1-20-16(8-9-19-20)14-18-17(24)22-10-12-23(13-11-22)27(25,26)21(2)15-6-4-3-5-7-15/h8-9,15H,3-7,10-14H2,1-2H3,(H,18,24). The number of aryl methyl sites for hydroxylation is 1. The van der Waals surface area contributed by atoms with Gasteiger partial charge in [-0.05, 0) is 18.9 Å². The maximum absolute atomic E-state index is 12.9. The van der Waals surface area contributed by atoms with Crippen molar-refractivity contribution in [1.29, 1.82) is 0 Å². The normalized spacial score (nSPS) is 20.2. The Hall–Kier alpha value is -1.65. The largest absolute Gasteiger partial charge is 0.332 e. The van der Waals surface area contributed by atoms with Crippen LogP contribution in [0.5, 0.6) is 0 Å². The van der Waals surface area contributed by atoms with Crippen LogP contribution < -0.4 is 5.32 Å². The first-order valence-electron chi connectivity index (χ1n) is 9.62. The molecule has 10 heteroatoms. The third kappa shape index (κ3) is 4.61. The Morgan fingerprint density at radius 1 is 1.22 bits per heavy atom. The Morgan fingerprint density at radius 2 is 1.89 bits per heavy atom. The molecule has 1 aliphatic heterocycles. The first-order chi connectivity index (χ1) is 12.9. The second-order valence-electron chi connectivity index (χ2n) is 7.31. The summed E-state index contributed by atoms with van der Waals surface area (Å²) in [5.74, 6) is 0. The van der Waals surface area contributed by atoms with Gasteiger partial charge in [0.15, 0.2) is 0 Å². The Morgan fingerprint density at radius 3 is 2.48 bits per heavy atom. The first-order valence-corrected chi connectivity index (χ1v) is 11.0. The molecule has 2 heterocycles. The van der Waals surface area contributed by atoms with Crippen LogP contribution in [0.25, 0.3) is 0 Å². The minimum absolute atomic E-state index is 0.101. The van der Waals surface area contributed by atoms with Crippen molar-refractivity contribution < 1.29 is 13.2 Å². The minimum Gasteiger partial charge on any atom is -0.332 e. The molecule has 2 aliphatic rings. The van der Waals surface area contributed by atoms with Crippen LogP contribution >= 0.6 is 0 Å². The quantitative estimate of drug-likeness (QED) is 0.793. The molecule has 2 fully saturated rings. The maximum atomic E-state index is 12.9. The Kier molecular flexibility index (Phi) is 6.38. The molecule has 0 unspecified atom stereocenters. The minimum atomic E-state index is -3.47. The van der Waals surface area contributed by atoms with E-state index in [0.29, 0.717) is 32.7 Å².